The van der Waals surface area contributed by atoms with E-state index in [1.165, 1.54) is 0 Å². The van der Waals surface area contributed by atoms with Crippen molar-refractivity contribution in [1.82, 2.24) is 4.90 Å². The Balaban J connectivity index is 2.16. The van der Waals surface area contributed by atoms with Crippen LogP contribution in [0.1, 0.15) is 15.9 Å². The number of benzene rings is 2. The second-order valence-corrected chi connectivity index (χ2v) is 6.17. The topological polar surface area (TPSA) is 20.3 Å². The standard InChI is InChI=1S/C15H12BrCl2NO/c1-19(9-10-2-5-12(17)6-3-10)15(20)13-8-11(16)4-7-14(13)18/h2-8H,9H2,1H3. The molecule has 0 aliphatic carbocycles. The van der Waals surface area contributed by atoms with E-state index < -0.39 is 0 Å². The minimum absolute atomic E-state index is 0.119. The Kier molecular flexibility index (Phi) is 5.08. The Morgan fingerprint density at radius 3 is 2.45 bits per heavy atom. The third-order valence-electron chi connectivity index (χ3n) is 2.84. The van der Waals surface area contributed by atoms with E-state index in [2.05, 4.69) is 15.9 Å². The quantitative estimate of drug-likeness (QED) is 0.739. The van der Waals surface area contributed by atoms with Crippen molar-refractivity contribution in [1.29, 1.82) is 0 Å². The van der Waals surface area contributed by atoms with Gasteiger partial charge in [0.15, 0.2) is 0 Å². The largest absolute Gasteiger partial charge is 0.337 e. The summed E-state index contributed by atoms with van der Waals surface area (Å²) in [5, 5.41) is 1.12. The van der Waals surface area contributed by atoms with E-state index in [4.69, 9.17) is 23.2 Å². The third-order valence-corrected chi connectivity index (χ3v) is 3.91. The van der Waals surface area contributed by atoms with Gasteiger partial charge in [0.2, 0.25) is 0 Å². The van der Waals surface area contributed by atoms with Crippen LogP contribution in [0.2, 0.25) is 10.0 Å². The molecular formula is C15H12BrCl2NO. The van der Waals surface area contributed by atoms with Crippen molar-refractivity contribution in [2.45, 2.75) is 6.54 Å². The highest BCUT2D eigenvalue weighted by atomic mass is 79.9. The highest BCUT2D eigenvalue weighted by Gasteiger charge is 2.15. The molecule has 104 valence electrons. The van der Waals surface area contributed by atoms with Crippen LogP contribution in [-0.2, 0) is 6.54 Å². The second kappa shape index (κ2) is 6.61. The number of hydrogen-bond acceptors (Lipinski definition) is 1. The van der Waals surface area contributed by atoms with Crippen molar-refractivity contribution in [3.05, 3.63) is 68.1 Å². The number of amides is 1. The molecule has 2 rings (SSSR count). The smallest absolute Gasteiger partial charge is 0.255 e. The maximum Gasteiger partial charge on any atom is 0.255 e. The normalized spacial score (nSPS) is 10.4. The Morgan fingerprint density at radius 1 is 1.15 bits per heavy atom. The van der Waals surface area contributed by atoms with E-state index in [1.54, 1.807) is 42.3 Å². The maximum atomic E-state index is 12.4. The first kappa shape index (κ1) is 15.4. The zero-order valence-electron chi connectivity index (χ0n) is 10.7. The Morgan fingerprint density at radius 2 is 1.80 bits per heavy atom. The summed E-state index contributed by atoms with van der Waals surface area (Å²) < 4.78 is 0.824. The lowest BCUT2D eigenvalue weighted by atomic mass is 10.1. The molecule has 0 fully saturated rings. The van der Waals surface area contributed by atoms with Gasteiger partial charge in [-0.3, -0.25) is 4.79 Å². The molecule has 0 saturated heterocycles. The second-order valence-electron chi connectivity index (χ2n) is 4.41. The van der Waals surface area contributed by atoms with Gasteiger partial charge in [-0.1, -0.05) is 51.3 Å². The first-order valence-corrected chi connectivity index (χ1v) is 7.47. The van der Waals surface area contributed by atoms with Crippen LogP contribution in [-0.4, -0.2) is 17.9 Å². The Labute approximate surface area is 136 Å². The average Bonchev–Trinajstić information content (AvgIpc) is 2.43. The van der Waals surface area contributed by atoms with E-state index in [9.17, 15) is 4.79 Å². The van der Waals surface area contributed by atoms with E-state index >= 15 is 0 Å². The predicted octanol–water partition coefficient (Wildman–Crippen LogP) is 5.03. The van der Waals surface area contributed by atoms with Crippen molar-refractivity contribution < 1.29 is 4.79 Å². The fourth-order valence-corrected chi connectivity index (χ4v) is 2.49. The summed E-state index contributed by atoms with van der Waals surface area (Å²) in [6, 6.07) is 12.6. The number of halogens is 3. The molecule has 0 heterocycles. The number of carbonyl (C=O) groups excluding carboxylic acids is 1. The number of nitrogens with zero attached hydrogens (tertiary/aromatic N) is 1. The van der Waals surface area contributed by atoms with Crippen molar-refractivity contribution in [2.75, 3.05) is 7.05 Å². The highest BCUT2D eigenvalue weighted by molar-refractivity contribution is 9.10. The molecular weight excluding hydrogens is 361 g/mol. The van der Waals surface area contributed by atoms with Gasteiger partial charge < -0.3 is 4.90 Å². The Bertz CT molecular complexity index is 628. The van der Waals surface area contributed by atoms with Gasteiger partial charge in [-0.15, -0.1) is 0 Å². The van der Waals surface area contributed by atoms with Crippen LogP contribution >= 0.6 is 39.1 Å². The third kappa shape index (κ3) is 3.75. The molecule has 0 unspecified atom stereocenters. The van der Waals surface area contributed by atoms with E-state index in [0.29, 0.717) is 22.2 Å². The SMILES string of the molecule is CN(Cc1ccc(Cl)cc1)C(=O)c1cc(Br)ccc1Cl. The highest BCUT2D eigenvalue weighted by Crippen LogP contribution is 2.22. The summed E-state index contributed by atoms with van der Waals surface area (Å²) in [5.41, 5.74) is 1.49. The predicted molar refractivity (Wildman–Crippen MR) is 86.4 cm³/mol. The first-order valence-electron chi connectivity index (χ1n) is 5.92. The van der Waals surface area contributed by atoms with Crippen LogP contribution < -0.4 is 0 Å². The van der Waals surface area contributed by atoms with Crippen molar-refractivity contribution >= 4 is 45.0 Å². The molecule has 2 aromatic carbocycles. The van der Waals surface area contributed by atoms with Crippen LogP contribution in [0.15, 0.2) is 46.9 Å². The van der Waals surface area contributed by atoms with Gasteiger partial charge in [-0.2, -0.15) is 0 Å². The number of hydrogen-bond donors (Lipinski definition) is 0. The zero-order valence-corrected chi connectivity index (χ0v) is 13.8. The Hall–Kier alpha value is -1.03. The lowest BCUT2D eigenvalue weighted by Crippen LogP contribution is -2.26. The molecule has 0 atom stereocenters. The molecule has 0 N–H and O–H groups in total. The van der Waals surface area contributed by atoms with Crippen molar-refractivity contribution in [2.24, 2.45) is 0 Å². The minimum Gasteiger partial charge on any atom is -0.337 e. The molecule has 2 nitrogen and oxygen atoms in total. The van der Waals surface area contributed by atoms with E-state index in [-0.39, 0.29) is 5.91 Å². The molecule has 20 heavy (non-hydrogen) atoms. The van der Waals surface area contributed by atoms with Gasteiger partial charge in [0.05, 0.1) is 10.6 Å². The molecule has 0 spiro atoms. The first-order chi connectivity index (χ1) is 9.47. The van der Waals surface area contributed by atoms with E-state index in [1.807, 2.05) is 12.1 Å². The molecule has 0 radical (unpaired) electrons. The fraction of sp³-hybridized carbons (Fsp3) is 0.133. The lowest BCUT2D eigenvalue weighted by Gasteiger charge is -2.18. The molecule has 0 aromatic heterocycles. The summed E-state index contributed by atoms with van der Waals surface area (Å²) in [4.78, 5) is 14.0. The summed E-state index contributed by atoms with van der Waals surface area (Å²) in [6.07, 6.45) is 0. The summed E-state index contributed by atoms with van der Waals surface area (Å²) in [6.45, 7) is 0.499. The van der Waals surface area contributed by atoms with Crippen LogP contribution in [0.4, 0.5) is 0 Å². The summed E-state index contributed by atoms with van der Waals surface area (Å²) in [5.74, 6) is -0.119. The van der Waals surface area contributed by atoms with Crippen LogP contribution in [0, 0.1) is 0 Å². The molecule has 0 bridgehead atoms. The number of carbonyl (C=O) groups is 1. The monoisotopic (exact) mass is 371 g/mol. The van der Waals surface area contributed by atoms with E-state index in [0.717, 1.165) is 10.0 Å². The van der Waals surface area contributed by atoms with Gasteiger partial charge in [-0.25, -0.2) is 0 Å². The van der Waals surface area contributed by atoms with Gasteiger partial charge >= 0.3 is 0 Å². The van der Waals surface area contributed by atoms with Crippen LogP contribution in [0.3, 0.4) is 0 Å². The lowest BCUT2D eigenvalue weighted by molar-refractivity contribution is 0.0785. The minimum atomic E-state index is -0.119. The van der Waals surface area contributed by atoms with Gasteiger partial charge in [0, 0.05) is 23.1 Å². The number of rotatable bonds is 3. The summed E-state index contributed by atoms with van der Waals surface area (Å²) in [7, 11) is 1.74. The van der Waals surface area contributed by atoms with Gasteiger partial charge in [-0.05, 0) is 35.9 Å². The van der Waals surface area contributed by atoms with Crippen LogP contribution in [0.5, 0.6) is 0 Å². The van der Waals surface area contributed by atoms with Gasteiger partial charge in [0.1, 0.15) is 0 Å². The zero-order chi connectivity index (χ0) is 14.7. The average molecular weight is 373 g/mol. The molecule has 5 heteroatoms. The molecule has 0 aliphatic heterocycles. The van der Waals surface area contributed by atoms with Crippen LogP contribution in [0.25, 0.3) is 0 Å². The molecule has 2 aromatic rings. The van der Waals surface area contributed by atoms with Crippen molar-refractivity contribution in [3.8, 4) is 0 Å². The van der Waals surface area contributed by atoms with Gasteiger partial charge in [0.25, 0.3) is 5.91 Å². The fourth-order valence-electron chi connectivity index (χ4n) is 1.80. The molecule has 0 saturated carbocycles. The molecule has 0 aliphatic rings. The summed E-state index contributed by atoms with van der Waals surface area (Å²) >= 11 is 15.3. The molecule has 1 amide bonds. The maximum absolute atomic E-state index is 12.4. The van der Waals surface area contributed by atoms with Crippen molar-refractivity contribution in [3.63, 3.8) is 0 Å².